The molecule has 0 radical (unpaired) electrons. The molecule has 0 aliphatic rings. The fourth-order valence-corrected chi connectivity index (χ4v) is 3.52. The molecule has 0 aliphatic heterocycles. The number of hydrogen-bond acceptors (Lipinski definition) is 9. The Morgan fingerprint density at radius 1 is 1.03 bits per heavy atom. The Morgan fingerprint density at radius 3 is 2.43 bits per heavy atom. The third kappa shape index (κ3) is 6.62. The van der Waals surface area contributed by atoms with Crippen molar-refractivity contribution in [2.75, 3.05) is 35.3 Å². The van der Waals surface area contributed by atoms with Crippen LogP contribution in [0.1, 0.15) is 18.1 Å². The zero-order valence-corrected chi connectivity index (χ0v) is 19.8. The van der Waals surface area contributed by atoms with Crippen LogP contribution in [0.5, 0.6) is 11.5 Å². The van der Waals surface area contributed by atoms with Crippen LogP contribution in [0.3, 0.4) is 0 Å². The third-order valence-corrected chi connectivity index (χ3v) is 5.97. The van der Waals surface area contributed by atoms with E-state index in [0.717, 1.165) is 0 Å². The second-order valence-corrected chi connectivity index (χ2v) is 9.03. The highest BCUT2D eigenvalue weighted by Crippen LogP contribution is 2.35. The number of sulfonamides is 1. The fourth-order valence-electron chi connectivity index (χ4n) is 2.90. The van der Waals surface area contributed by atoms with Gasteiger partial charge >= 0.3 is 6.18 Å². The van der Waals surface area contributed by atoms with E-state index >= 15 is 0 Å². The molecule has 3 rings (SSSR count). The molecule has 3 N–H and O–H groups in total. The van der Waals surface area contributed by atoms with Crippen LogP contribution in [0.4, 0.5) is 36.4 Å². The van der Waals surface area contributed by atoms with Gasteiger partial charge < -0.3 is 20.1 Å². The van der Waals surface area contributed by atoms with Crippen LogP contribution >= 0.6 is 0 Å². The number of nitrogens with one attached hydrogen (secondary N) is 3. The fraction of sp³-hybridized carbons (Fsp3) is 0.286. The molecule has 0 unspecified atom stereocenters. The molecule has 0 amide bonds. The number of anilines is 4. The Bertz CT molecular complexity index is 1290. The van der Waals surface area contributed by atoms with Crippen LogP contribution in [0.15, 0.2) is 42.7 Å². The average Bonchev–Trinajstić information content (AvgIpc) is 2.82. The van der Waals surface area contributed by atoms with E-state index in [9.17, 15) is 21.6 Å². The summed E-state index contributed by atoms with van der Waals surface area (Å²) in [5.41, 5.74) is -0.308. The van der Waals surface area contributed by atoms with E-state index in [-0.39, 0.29) is 24.1 Å². The molecule has 0 fully saturated rings. The highest BCUT2D eigenvalue weighted by Gasteiger charge is 2.35. The van der Waals surface area contributed by atoms with Crippen LogP contribution in [-0.4, -0.2) is 43.3 Å². The van der Waals surface area contributed by atoms with Gasteiger partial charge in [-0.05, 0) is 25.1 Å². The number of nitrogens with zero attached hydrogens (tertiary/aromatic N) is 3. The predicted octanol–water partition coefficient (Wildman–Crippen LogP) is 4.02. The summed E-state index contributed by atoms with van der Waals surface area (Å²) in [6.45, 7) is 1.26. The lowest BCUT2D eigenvalue weighted by Crippen LogP contribution is -2.18. The molecule has 0 bridgehead atoms. The Labute approximate surface area is 200 Å². The lowest BCUT2D eigenvalue weighted by atomic mass is 10.2. The Hall–Kier alpha value is -3.81. The Morgan fingerprint density at radius 2 is 1.77 bits per heavy atom. The van der Waals surface area contributed by atoms with Crippen molar-refractivity contribution in [1.29, 1.82) is 0 Å². The molecule has 0 saturated carbocycles. The molecule has 1 aromatic carbocycles. The van der Waals surface area contributed by atoms with E-state index < -0.39 is 27.6 Å². The first-order valence-electron chi connectivity index (χ1n) is 10.2. The highest BCUT2D eigenvalue weighted by atomic mass is 32.2. The topological polar surface area (TPSA) is 127 Å². The maximum Gasteiger partial charge on any atom is 0.421 e. The van der Waals surface area contributed by atoms with Gasteiger partial charge in [0.15, 0.2) is 11.5 Å². The summed E-state index contributed by atoms with van der Waals surface area (Å²) < 4.78 is 77.3. The zero-order chi connectivity index (χ0) is 25.6. The molecule has 14 heteroatoms. The molecule has 0 spiro atoms. The summed E-state index contributed by atoms with van der Waals surface area (Å²) in [5, 5.41) is 5.44. The van der Waals surface area contributed by atoms with Gasteiger partial charge in [-0.15, -0.1) is 0 Å². The SMILES string of the molecule is CCS(=O)(=O)Nc1ncccc1CNc1nc(Nc2ccc(OC)c(OC)c2)ncc1C(F)(F)F. The van der Waals surface area contributed by atoms with Gasteiger partial charge in [0.2, 0.25) is 16.0 Å². The van der Waals surface area contributed by atoms with Crippen LogP contribution in [0.2, 0.25) is 0 Å². The van der Waals surface area contributed by atoms with Crippen LogP contribution in [0, 0.1) is 0 Å². The molecule has 2 aromatic heterocycles. The molecular formula is C21H23F3N6O4S. The molecule has 0 aliphatic carbocycles. The first-order valence-corrected chi connectivity index (χ1v) is 11.8. The van der Waals surface area contributed by atoms with E-state index in [1.807, 2.05) is 0 Å². The number of rotatable bonds is 10. The second kappa shape index (κ2) is 10.6. The number of methoxy groups -OCH3 is 2. The van der Waals surface area contributed by atoms with Crippen molar-refractivity contribution in [2.45, 2.75) is 19.6 Å². The smallest absolute Gasteiger partial charge is 0.421 e. The van der Waals surface area contributed by atoms with E-state index in [0.29, 0.717) is 28.9 Å². The summed E-state index contributed by atoms with van der Waals surface area (Å²) in [5.74, 6) is 0.0925. The summed E-state index contributed by atoms with van der Waals surface area (Å²) in [7, 11) is -0.712. The number of ether oxygens (including phenoxy) is 2. The first-order chi connectivity index (χ1) is 16.6. The van der Waals surface area contributed by atoms with Crippen molar-refractivity contribution in [3.05, 3.63) is 53.9 Å². The molecule has 10 nitrogen and oxygen atoms in total. The van der Waals surface area contributed by atoms with Gasteiger partial charge in [0.1, 0.15) is 17.2 Å². The lowest BCUT2D eigenvalue weighted by Gasteiger charge is -2.16. The van der Waals surface area contributed by atoms with Crippen molar-refractivity contribution >= 4 is 33.3 Å². The summed E-state index contributed by atoms with van der Waals surface area (Å²) in [6.07, 6.45) is -2.71. The van der Waals surface area contributed by atoms with Gasteiger partial charge in [-0.25, -0.2) is 18.4 Å². The third-order valence-electron chi connectivity index (χ3n) is 4.70. The monoisotopic (exact) mass is 512 g/mol. The first kappa shape index (κ1) is 25.8. The number of benzene rings is 1. The maximum absolute atomic E-state index is 13.6. The molecular weight excluding hydrogens is 489 g/mol. The van der Waals surface area contributed by atoms with E-state index in [2.05, 4.69) is 30.3 Å². The Kier molecular flexibility index (Phi) is 7.84. The van der Waals surface area contributed by atoms with Gasteiger partial charge in [0.25, 0.3) is 0 Å². The van der Waals surface area contributed by atoms with Crippen molar-refractivity contribution < 1.29 is 31.1 Å². The summed E-state index contributed by atoms with van der Waals surface area (Å²) >= 11 is 0. The van der Waals surface area contributed by atoms with Crippen molar-refractivity contribution in [1.82, 2.24) is 15.0 Å². The lowest BCUT2D eigenvalue weighted by molar-refractivity contribution is -0.137. The Balaban J connectivity index is 1.89. The number of hydrogen-bond donors (Lipinski definition) is 3. The molecule has 0 atom stereocenters. The quantitative estimate of drug-likeness (QED) is 0.369. The van der Waals surface area contributed by atoms with Crippen molar-refractivity contribution in [3.63, 3.8) is 0 Å². The van der Waals surface area contributed by atoms with E-state index in [1.165, 1.54) is 39.5 Å². The number of pyridine rings is 1. The van der Waals surface area contributed by atoms with Gasteiger partial charge in [-0.3, -0.25) is 4.72 Å². The molecule has 188 valence electrons. The zero-order valence-electron chi connectivity index (χ0n) is 19.0. The second-order valence-electron chi connectivity index (χ2n) is 7.02. The van der Waals surface area contributed by atoms with Crippen LogP contribution in [0.25, 0.3) is 0 Å². The highest BCUT2D eigenvalue weighted by molar-refractivity contribution is 7.92. The van der Waals surface area contributed by atoms with Crippen LogP contribution in [-0.2, 0) is 22.7 Å². The van der Waals surface area contributed by atoms with E-state index in [1.54, 1.807) is 18.2 Å². The van der Waals surface area contributed by atoms with Gasteiger partial charge in [0, 0.05) is 36.3 Å². The number of halogens is 3. The molecule has 35 heavy (non-hydrogen) atoms. The standard InChI is InChI=1S/C21H23F3N6O4S/c1-4-35(31,32)30-18-13(6-5-9-25-18)11-26-19-15(21(22,23)24)12-27-20(29-19)28-14-7-8-16(33-2)17(10-14)34-3/h5-10,12H,4,11H2,1-3H3,(H,25,30)(H2,26,27,28,29). The maximum atomic E-state index is 13.6. The largest absolute Gasteiger partial charge is 0.493 e. The van der Waals surface area contributed by atoms with Crippen molar-refractivity contribution in [2.24, 2.45) is 0 Å². The summed E-state index contributed by atoms with van der Waals surface area (Å²) in [4.78, 5) is 11.7. The predicted molar refractivity (Wildman–Crippen MR) is 125 cm³/mol. The summed E-state index contributed by atoms with van der Waals surface area (Å²) in [6, 6.07) is 7.89. The average molecular weight is 513 g/mol. The number of alkyl halides is 3. The van der Waals surface area contributed by atoms with Crippen LogP contribution < -0.4 is 24.8 Å². The molecule has 0 saturated heterocycles. The van der Waals surface area contributed by atoms with Gasteiger partial charge in [-0.1, -0.05) is 6.07 Å². The van der Waals surface area contributed by atoms with E-state index in [4.69, 9.17) is 9.47 Å². The minimum atomic E-state index is -4.73. The minimum absolute atomic E-state index is 0.00754. The molecule has 2 heterocycles. The number of aromatic nitrogens is 3. The normalized spacial score (nSPS) is 11.6. The van der Waals surface area contributed by atoms with Gasteiger partial charge in [-0.2, -0.15) is 18.2 Å². The molecule has 3 aromatic rings. The minimum Gasteiger partial charge on any atom is -0.493 e. The van der Waals surface area contributed by atoms with Gasteiger partial charge in [0.05, 0.1) is 20.0 Å². The van der Waals surface area contributed by atoms with Crippen molar-refractivity contribution in [3.8, 4) is 11.5 Å².